The molecule has 1 saturated carbocycles. The van der Waals surface area contributed by atoms with E-state index in [1.54, 1.807) is 12.1 Å². The van der Waals surface area contributed by atoms with Crippen molar-refractivity contribution in [2.24, 2.45) is 0 Å². The van der Waals surface area contributed by atoms with E-state index in [1.807, 2.05) is 6.07 Å². The molecule has 0 radical (unpaired) electrons. The number of nitrogens with zero attached hydrogens (tertiary/aromatic N) is 1. The number of hydrogen-bond donors (Lipinski definition) is 3. The number of fused-ring (bicyclic) bond motifs is 1. The van der Waals surface area contributed by atoms with E-state index in [2.05, 4.69) is 16.7 Å². The zero-order valence-corrected chi connectivity index (χ0v) is 17.3. The van der Waals surface area contributed by atoms with Crippen LogP contribution in [0.25, 0.3) is 22.2 Å². The molecule has 1 aliphatic rings. The number of aliphatic hydroxyl groups is 1. The van der Waals surface area contributed by atoms with Crippen molar-refractivity contribution in [2.45, 2.75) is 51.2 Å². The first-order valence-corrected chi connectivity index (χ1v) is 10.6. The molecule has 4 rings (SSSR count). The fraction of sp³-hybridized carbons (Fsp3) is 0.417. The minimum absolute atomic E-state index is 0.0153. The van der Waals surface area contributed by atoms with Crippen molar-refractivity contribution in [3.05, 3.63) is 47.5 Å². The van der Waals surface area contributed by atoms with Crippen molar-refractivity contribution < 1.29 is 25.1 Å². The maximum Gasteiger partial charge on any atom is 0.128 e. The molecule has 1 fully saturated rings. The van der Waals surface area contributed by atoms with E-state index in [9.17, 15) is 15.3 Å². The van der Waals surface area contributed by atoms with Gasteiger partial charge in [0.1, 0.15) is 18.1 Å². The molecule has 30 heavy (non-hydrogen) atoms. The van der Waals surface area contributed by atoms with Gasteiger partial charge in [-0.05, 0) is 48.1 Å². The quantitative estimate of drug-likeness (QED) is 0.383. The number of aromatic hydroxyl groups is 2. The molecular formula is C24H29NO5. The van der Waals surface area contributed by atoms with Crippen LogP contribution in [0.5, 0.6) is 11.5 Å². The van der Waals surface area contributed by atoms with Crippen LogP contribution in [-0.2, 0) is 22.9 Å². The van der Waals surface area contributed by atoms with Crippen molar-refractivity contribution in [1.29, 1.82) is 0 Å². The molecule has 0 saturated heterocycles. The molecule has 3 N–H and O–H groups in total. The Kier molecular flexibility index (Phi) is 6.27. The second-order valence-electron chi connectivity index (χ2n) is 7.95. The molecule has 6 heteroatoms. The lowest BCUT2D eigenvalue weighted by molar-refractivity contribution is -0.282. The van der Waals surface area contributed by atoms with Crippen LogP contribution in [0.2, 0.25) is 0 Å². The van der Waals surface area contributed by atoms with Crippen LogP contribution in [-0.4, -0.2) is 33.6 Å². The molecule has 0 atom stereocenters. The average molecular weight is 411 g/mol. The largest absolute Gasteiger partial charge is 0.508 e. The van der Waals surface area contributed by atoms with Crippen molar-refractivity contribution >= 4 is 10.9 Å². The Morgan fingerprint density at radius 2 is 1.83 bits per heavy atom. The maximum atomic E-state index is 10.7. The van der Waals surface area contributed by atoms with Gasteiger partial charge in [-0.25, -0.2) is 9.78 Å². The molecule has 0 unspecified atom stereocenters. The number of phenols is 2. The lowest BCUT2D eigenvalue weighted by Crippen LogP contribution is -2.08. The zero-order valence-electron chi connectivity index (χ0n) is 17.3. The lowest BCUT2D eigenvalue weighted by atomic mass is 9.81. The smallest absolute Gasteiger partial charge is 0.128 e. The highest BCUT2D eigenvalue weighted by molar-refractivity contribution is 5.94. The van der Waals surface area contributed by atoms with Gasteiger partial charge in [0.25, 0.3) is 0 Å². The molecule has 3 aromatic rings. The monoisotopic (exact) mass is 411 g/mol. The van der Waals surface area contributed by atoms with Crippen LogP contribution < -0.4 is 0 Å². The fourth-order valence-electron chi connectivity index (χ4n) is 4.79. The van der Waals surface area contributed by atoms with Gasteiger partial charge < -0.3 is 19.9 Å². The Labute approximate surface area is 176 Å². The van der Waals surface area contributed by atoms with E-state index in [4.69, 9.17) is 9.78 Å². The third kappa shape index (κ3) is 3.90. The molecule has 6 nitrogen and oxygen atoms in total. The van der Waals surface area contributed by atoms with Gasteiger partial charge in [0.15, 0.2) is 0 Å². The minimum Gasteiger partial charge on any atom is -0.508 e. The highest BCUT2D eigenvalue weighted by Crippen LogP contribution is 2.46. The number of hydrogen-bond acceptors (Lipinski definition) is 5. The number of rotatable bonds is 7. The van der Waals surface area contributed by atoms with Crippen molar-refractivity contribution in [2.75, 3.05) is 13.7 Å². The van der Waals surface area contributed by atoms with E-state index in [0.29, 0.717) is 24.6 Å². The topological polar surface area (TPSA) is 84.1 Å². The highest BCUT2D eigenvalue weighted by atomic mass is 17.2. The van der Waals surface area contributed by atoms with Gasteiger partial charge >= 0.3 is 0 Å². The SMILES string of the molecule is COOCc1ccc2c(C3CCCCC3)c(-c3ccc(O)cc3O)n(CCO)c2c1. The van der Waals surface area contributed by atoms with Gasteiger partial charge in [0, 0.05) is 29.1 Å². The highest BCUT2D eigenvalue weighted by Gasteiger charge is 2.27. The van der Waals surface area contributed by atoms with Crippen LogP contribution in [0.4, 0.5) is 0 Å². The van der Waals surface area contributed by atoms with Crippen molar-refractivity contribution in [1.82, 2.24) is 4.57 Å². The third-order valence-corrected chi connectivity index (χ3v) is 6.09. The Morgan fingerprint density at radius 1 is 1.03 bits per heavy atom. The average Bonchev–Trinajstić information content (AvgIpc) is 3.06. The first-order valence-electron chi connectivity index (χ1n) is 10.6. The molecule has 160 valence electrons. The Hall–Kier alpha value is -2.54. The molecule has 0 aliphatic heterocycles. The van der Waals surface area contributed by atoms with E-state index in [1.165, 1.54) is 38.0 Å². The summed E-state index contributed by atoms with van der Waals surface area (Å²) in [6, 6.07) is 10.9. The summed E-state index contributed by atoms with van der Waals surface area (Å²) >= 11 is 0. The molecule has 1 aliphatic carbocycles. The predicted molar refractivity (Wildman–Crippen MR) is 115 cm³/mol. The Bertz CT molecular complexity index is 1020. The van der Waals surface area contributed by atoms with Gasteiger partial charge in [-0.3, -0.25) is 0 Å². The summed E-state index contributed by atoms with van der Waals surface area (Å²) in [7, 11) is 1.49. The van der Waals surface area contributed by atoms with E-state index in [-0.39, 0.29) is 18.1 Å². The van der Waals surface area contributed by atoms with E-state index in [0.717, 1.165) is 35.0 Å². The van der Waals surface area contributed by atoms with Gasteiger partial charge in [-0.15, -0.1) is 0 Å². The minimum atomic E-state index is -0.0153. The van der Waals surface area contributed by atoms with E-state index < -0.39 is 0 Å². The zero-order chi connectivity index (χ0) is 21.1. The molecule has 1 aromatic heterocycles. The maximum absolute atomic E-state index is 10.7. The second kappa shape index (κ2) is 9.08. The van der Waals surface area contributed by atoms with Crippen LogP contribution >= 0.6 is 0 Å². The Morgan fingerprint density at radius 3 is 2.53 bits per heavy atom. The van der Waals surface area contributed by atoms with Crippen molar-refractivity contribution in [3.8, 4) is 22.8 Å². The summed E-state index contributed by atoms with van der Waals surface area (Å²) in [6.07, 6.45) is 5.86. The van der Waals surface area contributed by atoms with Gasteiger partial charge in [0.2, 0.25) is 0 Å². The molecule has 0 bridgehead atoms. The first-order chi connectivity index (χ1) is 14.6. The summed E-state index contributed by atoms with van der Waals surface area (Å²) in [5.74, 6) is 0.460. The van der Waals surface area contributed by atoms with Crippen molar-refractivity contribution in [3.63, 3.8) is 0 Å². The first kappa shape index (κ1) is 20.7. The predicted octanol–water partition coefficient (Wildman–Crippen LogP) is 4.84. The van der Waals surface area contributed by atoms with Crippen LogP contribution in [0.1, 0.15) is 49.1 Å². The summed E-state index contributed by atoms with van der Waals surface area (Å²) in [6.45, 7) is 0.724. The normalized spacial score (nSPS) is 15.1. The summed E-state index contributed by atoms with van der Waals surface area (Å²) in [5.41, 5.74) is 4.79. The third-order valence-electron chi connectivity index (χ3n) is 6.09. The standard InChI is InChI=1S/C24H29NO5/c1-29-30-15-16-7-9-19-21(13-16)25(11-12-26)24(20-10-8-18(27)14-22(20)28)23(19)17-5-3-2-4-6-17/h7-10,13-14,17,26-28H,2-6,11-12,15H2,1H3. The van der Waals surface area contributed by atoms with Gasteiger partial charge in [0.05, 0.1) is 19.4 Å². The summed E-state index contributed by atoms with van der Waals surface area (Å²) in [4.78, 5) is 9.86. The number of phenolic OH excluding ortho intramolecular Hbond substituents is 2. The number of benzene rings is 2. The Balaban J connectivity index is 1.98. The lowest BCUT2D eigenvalue weighted by Gasteiger charge is -2.24. The number of aliphatic hydroxyl groups excluding tert-OH is 1. The summed E-state index contributed by atoms with van der Waals surface area (Å²) < 4.78 is 2.08. The van der Waals surface area contributed by atoms with Crippen LogP contribution in [0, 0.1) is 0 Å². The molecular weight excluding hydrogens is 382 g/mol. The molecule has 1 heterocycles. The number of aromatic nitrogens is 1. The van der Waals surface area contributed by atoms with Crippen LogP contribution in [0.15, 0.2) is 36.4 Å². The second-order valence-corrected chi connectivity index (χ2v) is 7.95. The van der Waals surface area contributed by atoms with E-state index >= 15 is 0 Å². The molecule has 2 aromatic carbocycles. The fourth-order valence-corrected chi connectivity index (χ4v) is 4.79. The van der Waals surface area contributed by atoms with Crippen LogP contribution in [0.3, 0.4) is 0 Å². The van der Waals surface area contributed by atoms with Gasteiger partial charge in [-0.2, -0.15) is 0 Å². The molecule has 0 spiro atoms. The van der Waals surface area contributed by atoms with Gasteiger partial charge in [-0.1, -0.05) is 31.4 Å². The molecule has 0 amide bonds. The summed E-state index contributed by atoms with van der Waals surface area (Å²) in [5, 5.41) is 31.4.